The molecule has 0 amide bonds. The Morgan fingerprint density at radius 3 is 2.71 bits per heavy atom. The zero-order chi connectivity index (χ0) is 12.3. The second kappa shape index (κ2) is 5.25. The van der Waals surface area contributed by atoms with Crippen molar-refractivity contribution in [1.82, 2.24) is 15.0 Å². The highest BCUT2D eigenvalue weighted by Gasteiger charge is 2.05. The van der Waals surface area contributed by atoms with Crippen LogP contribution in [0.5, 0.6) is 0 Å². The molecule has 0 unspecified atom stereocenters. The van der Waals surface area contributed by atoms with Gasteiger partial charge >= 0.3 is 0 Å². The summed E-state index contributed by atoms with van der Waals surface area (Å²) in [5.41, 5.74) is 1.77. The van der Waals surface area contributed by atoms with Crippen LogP contribution in [0.15, 0.2) is 40.8 Å². The average molecular weight is 247 g/mol. The van der Waals surface area contributed by atoms with E-state index in [0.717, 1.165) is 16.3 Å². The number of hydrogen-bond acceptors (Lipinski definition) is 5. The fourth-order valence-corrected chi connectivity index (χ4v) is 2.11. The predicted molar refractivity (Wildman–Crippen MR) is 65.8 cm³/mol. The topological polar surface area (TPSA) is 58.9 Å². The van der Waals surface area contributed by atoms with Gasteiger partial charge in [-0.25, -0.2) is 15.0 Å². The third kappa shape index (κ3) is 3.25. The number of nitrogens with zero attached hydrogens (tertiary/aromatic N) is 3. The molecule has 2 rings (SSSR count). The third-order valence-corrected chi connectivity index (χ3v) is 3.02. The molecular weight excluding hydrogens is 234 g/mol. The molecular formula is C12H13N3OS. The van der Waals surface area contributed by atoms with Crippen LogP contribution in [-0.4, -0.2) is 20.1 Å². The van der Waals surface area contributed by atoms with Crippen molar-refractivity contribution in [3.8, 4) is 0 Å². The van der Waals surface area contributed by atoms with E-state index in [4.69, 9.17) is 0 Å². The summed E-state index contributed by atoms with van der Waals surface area (Å²) in [5.74, 6) is 0. The molecule has 0 aliphatic rings. The fourth-order valence-electron chi connectivity index (χ4n) is 1.31. The molecule has 0 bridgehead atoms. The monoisotopic (exact) mass is 247 g/mol. The number of rotatable bonds is 3. The normalized spacial score (nSPS) is 12.4. The van der Waals surface area contributed by atoms with Crippen LogP contribution in [0, 0.1) is 6.92 Å². The first-order valence-electron chi connectivity index (χ1n) is 5.26. The molecule has 0 fully saturated rings. The maximum atomic E-state index is 9.49. The van der Waals surface area contributed by atoms with Gasteiger partial charge in [-0.1, -0.05) is 0 Å². The van der Waals surface area contributed by atoms with Gasteiger partial charge in [0.2, 0.25) is 0 Å². The van der Waals surface area contributed by atoms with E-state index in [2.05, 4.69) is 15.0 Å². The molecule has 5 heteroatoms. The molecule has 0 radical (unpaired) electrons. The first kappa shape index (κ1) is 12.0. The summed E-state index contributed by atoms with van der Waals surface area (Å²) in [6, 6.07) is 5.50. The molecule has 1 atom stereocenters. The van der Waals surface area contributed by atoms with Crippen molar-refractivity contribution >= 4 is 11.8 Å². The molecule has 0 aliphatic carbocycles. The van der Waals surface area contributed by atoms with E-state index in [0.29, 0.717) is 5.16 Å². The Morgan fingerprint density at radius 2 is 2.00 bits per heavy atom. The zero-order valence-corrected chi connectivity index (χ0v) is 10.5. The minimum absolute atomic E-state index is 0.490. The van der Waals surface area contributed by atoms with Crippen molar-refractivity contribution in [2.75, 3.05) is 0 Å². The van der Waals surface area contributed by atoms with Crippen LogP contribution in [0.3, 0.4) is 0 Å². The van der Waals surface area contributed by atoms with Crippen molar-refractivity contribution in [3.05, 3.63) is 41.9 Å². The van der Waals surface area contributed by atoms with Crippen LogP contribution in [0.4, 0.5) is 0 Å². The Balaban J connectivity index is 2.21. The summed E-state index contributed by atoms with van der Waals surface area (Å²) in [6.07, 6.45) is 2.92. The van der Waals surface area contributed by atoms with Crippen LogP contribution < -0.4 is 0 Å². The predicted octanol–water partition coefficient (Wildman–Crippen LogP) is 2.38. The molecule has 88 valence electrons. The molecule has 0 spiro atoms. The van der Waals surface area contributed by atoms with Crippen LogP contribution in [0.25, 0.3) is 0 Å². The fraction of sp³-hybridized carbons (Fsp3) is 0.250. The van der Waals surface area contributed by atoms with Crippen molar-refractivity contribution in [3.63, 3.8) is 0 Å². The Bertz CT molecular complexity index is 517. The second-order valence-electron chi connectivity index (χ2n) is 3.69. The number of aryl methyl sites for hydroxylation is 1. The van der Waals surface area contributed by atoms with Gasteiger partial charge in [0.25, 0.3) is 0 Å². The van der Waals surface area contributed by atoms with Crippen molar-refractivity contribution in [2.45, 2.75) is 30.1 Å². The van der Waals surface area contributed by atoms with Gasteiger partial charge in [-0.05, 0) is 49.4 Å². The van der Waals surface area contributed by atoms with Gasteiger partial charge in [0.05, 0.1) is 6.10 Å². The smallest absolute Gasteiger partial charge is 0.194 e. The van der Waals surface area contributed by atoms with Gasteiger partial charge < -0.3 is 5.11 Å². The Hall–Kier alpha value is -1.46. The first-order valence-corrected chi connectivity index (χ1v) is 6.08. The SMILES string of the molecule is Cc1ccnc(Sc2cc([C@H](C)O)ccn2)n1. The average Bonchev–Trinajstić information content (AvgIpc) is 2.29. The van der Waals surface area contributed by atoms with E-state index in [1.165, 1.54) is 11.8 Å². The van der Waals surface area contributed by atoms with E-state index in [-0.39, 0.29) is 0 Å². The van der Waals surface area contributed by atoms with Crippen molar-refractivity contribution in [2.24, 2.45) is 0 Å². The summed E-state index contributed by atoms with van der Waals surface area (Å²) in [5, 5.41) is 10.9. The van der Waals surface area contributed by atoms with Gasteiger partial charge in [-0.3, -0.25) is 0 Å². The minimum atomic E-state index is -0.490. The quantitative estimate of drug-likeness (QED) is 0.844. The summed E-state index contributed by atoms with van der Waals surface area (Å²) in [4.78, 5) is 12.7. The molecule has 2 heterocycles. The summed E-state index contributed by atoms with van der Waals surface area (Å²) < 4.78 is 0. The van der Waals surface area contributed by atoms with Gasteiger partial charge in [0.15, 0.2) is 5.16 Å². The molecule has 2 aromatic rings. The van der Waals surface area contributed by atoms with Crippen LogP contribution in [0.1, 0.15) is 24.3 Å². The summed E-state index contributed by atoms with van der Waals surface area (Å²) in [6.45, 7) is 3.65. The lowest BCUT2D eigenvalue weighted by molar-refractivity contribution is 0.199. The lowest BCUT2D eigenvalue weighted by Gasteiger charge is -2.05. The first-order chi connectivity index (χ1) is 8.15. The summed E-state index contributed by atoms with van der Waals surface area (Å²) >= 11 is 1.39. The van der Waals surface area contributed by atoms with E-state index < -0.39 is 6.10 Å². The van der Waals surface area contributed by atoms with Crippen molar-refractivity contribution < 1.29 is 5.11 Å². The van der Waals surface area contributed by atoms with E-state index in [1.807, 2.05) is 19.1 Å². The molecule has 1 N–H and O–H groups in total. The van der Waals surface area contributed by atoms with Gasteiger partial charge in [-0.2, -0.15) is 0 Å². The standard InChI is InChI=1S/C12H13N3OS/c1-8-3-5-14-12(15-8)17-11-7-10(9(2)16)4-6-13-11/h3-7,9,16H,1-2H3/t9-/m0/s1. The molecule has 17 heavy (non-hydrogen) atoms. The van der Waals surface area contributed by atoms with Crippen molar-refractivity contribution in [1.29, 1.82) is 0 Å². The number of aromatic nitrogens is 3. The number of pyridine rings is 1. The number of hydrogen-bond donors (Lipinski definition) is 1. The van der Waals surface area contributed by atoms with Gasteiger partial charge in [0, 0.05) is 18.1 Å². The second-order valence-corrected chi connectivity index (χ2v) is 4.67. The lowest BCUT2D eigenvalue weighted by atomic mass is 10.2. The highest BCUT2D eigenvalue weighted by Crippen LogP contribution is 2.24. The van der Waals surface area contributed by atoms with Gasteiger partial charge in [0.1, 0.15) is 5.03 Å². The largest absolute Gasteiger partial charge is 0.389 e. The minimum Gasteiger partial charge on any atom is -0.389 e. The van der Waals surface area contributed by atoms with Gasteiger partial charge in [-0.15, -0.1) is 0 Å². The van der Waals surface area contributed by atoms with Crippen LogP contribution in [0.2, 0.25) is 0 Å². The van der Waals surface area contributed by atoms with Crippen LogP contribution in [-0.2, 0) is 0 Å². The van der Waals surface area contributed by atoms with E-state index in [1.54, 1.807) is 25.4 Å². The lowest BCUT2D eigenvalue weighted by Crippen LogP contribution is -1.93. The zero-order valence-electron chi connectivity index (χ0n) is 9.66. The Kier molecular flexibility index (Phi) is 3.71. The maximum absolute atomic E-state index is 9.49. The molecule has 0 saturated heterocycles. The number of aliphatic hydroxyl groups is 1. The molecule has 0 aliphatic heterocycles. The number of aliphatic hydroxyl groups excluding tert-OH is 1. The Labute approximate surface area is 104 Å². The molecule has 0 saturated carbocycles. The molecule has 0 aromatic carbocycles. The third-order valence-electron chi connectivity index (χ3n) is 2.21. The summed E-state index contributed by atoms with van der Waals surface area (Å²) in [7, 11) is 0. The highest BCUT2D eigenvalue weighted by atomic mass is 32.2. The van der Waals surface area contributed by atoms with Crippen LogP contribution >= 0.6 is 11.8 Å². The molecule has 2 aromatic heterocycles. The van der Waals surface area contributed by atoms with E-state index in [9.17, 15) is 5.11 Å². The van der Waals surface area contributed by atoms with E-state index >= 15 is 0 Å². The Morgan fingerprint density at radius 1 is 1.24 bits per heavy atom. The maximum Gasteiger partial charge on any atom is 0.194 e. The molecule has 4 nitrogen and oxygen atoms in total. The highest BCUT2D eigenvalue weighted by molar-refractivity contribution is 7.99.